The first kappa shape index (κ1) is 18.1. The van der Waals surface area contributed by atoms with Gasteiger partial charge < -0.3 is 5.32 Å². The van der Waals surface area contributed by atoms with Crippen LogP contribution in [0, 0.1) is 5.92 Å². The van der Waals surface area contributed by atoms with E-state index in [1.807, 2.05) is 0 Å². The molecule has 0 bridgehead atoms. The number of hydrogen-bond acceptors (Lipinski definition) is 1. The number of benzene rings is 2. The number of hydrogen-bond donors (Lipinski definition) is 1. The van der Waals surface area contributed by atoms with Gasteiger partial charge in [0.1, 0.15) is 0 Å². The van der Waals surface area contributed by atoms with Crippen LogP contribution in [0.15, 0.2) is 48.5 Å². The van der Waals surface area contributed by atoms with Crippen molar-refractivity contribution in [2.45, 2.75) is 63.3 Å². The van der Waals surface area contributed by atoms with Crippen LogP contribution in [-0.2, 0) is 12.8 Å². The Kier molecular flexibility index (Phi) is 5.97. The molecule has 2 aromatic rings. The Hall–Kier alpha value is -1.31. The molecule has 2 unspecified atom stereocenters. The highest BCUT2D eigenvalue weighted by molar-refractivity contribution is 6.31. The van der Waals surface area contributed by atoms with E-state index in [0.29, 0.717) is 12.0 Å². The smallest absolute Gasteiger partial charge is 0.0444 e. The standard InChI is InChI=1S/C24H30ClN/c25-22-13-7-12-20-14-15-23(26-17-19-10-5-2-6-11-19)21(24(20)22)16-18-8-3-1-4-9-18/h1,3-4,7-9,12-13,19,21,23,26H,2,5-6,10-11,14-17H2. The summed E-state index contributed by atoms with van der Waals surface area (Å²) in [6.07, 6.45) is 10.5. The van der Waals surface area contributed by atoms with Crippen LogP contribution in [-0.4, -0.2) is 12.6 Å². The number of rotatable bonds is 5. The molecule has 138 valence electrons. The molecular weight excluding hydrogens is 338 g/mol. The molecule has 0 heterocycles. The monoisotopic (exact) mass is 367 g/mol. The lowest BCUT2D eigenvalue weighted by Gasteiger charge is -2.36. The van der Waals surface area contributed by atoms with Gasteiger partial charge in [-0.1, -0.05) is 73.3 Å². The number of aryl methyl sites for hydroxylation is 1. The van der Waals surface area contributed by atoms with Gasteiger partial charge in [0.25, 0.3) is 0 Å². The normalized spacial score (nSPS) is 23.6. The summed E-state index contributed by atoms with van der Waals surface area (Å²) in [5.74, 6) is 1.34. The minimum atomic E-state index is 0.471. The predicted octanol–water partition coefficient (Wildman–Crippen LogP) is 6.15. The quantitative estimate of drug-likeness (QED) is 0.668. The average molecular weight is 368 g/mol. The molecule has 1 saturated carbocycles. The molecule has 1 nitrogen and oxygen atoms in total. The number of nitrogens with one attached hydrogen (secondary N) is 1. The SMILES string of the molecule is Clc1cccc2c1C(Cc1ccccc1)C(NCC1CCCCC1)CC2. The molecule has 2 aliphatic carbocycles. The third-order valence-electron chi connectivity index (χ3n) is 6.42. The fourth-order valence-electron chi connectivity index (χ4n) is 4.99. The second-order valence-electron chi connectivity index (χ2n) is 8.17. The van der Waals surface area contributed by atoms with E-state index in [0.717, 1.165) is 23.8 Å². The summed E-state index contributed by atoms with van der Waals surface area (Å²) in [6.45, 7) is 1.18. The summed E-state index contributed by atoms with van der Waals surface area (Å²) >= 11 is 6.69. The van der Waals surface area contributed by atoms with Crippen molar-refractivity contribution in [1.29, 1.82) is 0 Å². The second kappa shape index (κ2) is 8.59. The topological polar surface area (TPSA) is 12.0 Å². The van der Waals surface area contributed by atoms with Crippen molar-refractivity contribution < 1.29 is 0 Å². The van der Waals surface area contributed by atoms with E-state index in [9.17, 15) is 0 Å². The summed E-state index contributed by atoms with van der Waals surface area (Å²) in [5, 5.41) is 4.92. The third kappa shape index (κ3) is 4.15. The van der Waals surface area contributed by atoms with Crippen LogP contribution in [0.5, 0.6) is 0 Å². The Bertz CT molecular complexity index is 705. The predicted molar refractivity (Wildman–Crippen MR) is 111 cm³/mol. The van der Waals surface area contributed by atoms with Crippen LogP contribution < -0.4 is 5.32 Å². The van der Waals surface area contributed by atoms with E-state index in [1.54, 1.807) is 0 Å². The van der Waals surface area contributed by atoms with E-state index < -0.39 is 0 Å². The largest absolute Gasteiger partial charge is 0.313 e. The van der Waals surface area contributed by atoms with Crippen LogP contribution in [0.1, 0.15) is 61.1 Å². The van der Waals surface area contributed by atoms with Crippen LogP contribution >= 0.6 is 11.6 Å². The summed E-state index contributed by atoms with van der Waals surface area (Å²) in [4.78, 5) is 0. The van der Waals surface area contributed by atoms with Crippen molar-refractivity contribution in [2.24, 2.45) is 5.92 Å². The lowest BCUT2D eigenvalue weighted by molar-refractivity contribution is 0.301. The minimum Gasteiger partial charge on any atom is -0.313 e. The Morgan fingerprint density at radius 3 is 2.50 bits per heavy atom. The van der Waals surface area contributed by atoms with Crippen molar-refractivity contribution in [3.63, 3.8) is 0 Å². The Morgan fingerprint density at radius 1 is 0.885 bits per heavy atom. The summed E-state index contributed by atoms with van der Waals surface area (Å²) < 4.78 is 0. The molecule has 2 heteroatoms. The van der Waals surface area contributed by atoms with E-state index >= 15 is 0 Å². The highest BCUT2D eigenvalue weighted by Gasteiger charge is 2.31. The van der Waals surface area contributed by atoms with Crippen molar-refractivity contribution in [2.75, 3.05) is 6.54 Å². The molecule has 1 N–H and O–H groups in total. The fourth-order valence-corrected chi connectivity index (χ4v) is 5.33. The molecule has 2 aromatic carbocycles. The van der Waals surface area contributed by atoms with E-state index in [2.05, 4.69) is 53.8 Å². The molecule has 4 rings (SSSR count). The van der Waals surface area contributed by atoms with Crippen LogP contribution in [0.2, 0.25) is 5.02 Å². The van der Waals surface area contributed by atoms with Crippen molar-refractivity contribution in [1.82, 2.24) is 5.32 Å². The highest BCUT2D eigenvalue weighted by Crippen LogP contribution is 2.39. The van der Waals surface area contributed by atoms with Crippen LogP contribution in [0.25, 0.3) is 0 Å². The number of fused-ring (bicyclic) bond motifs is 1. The summed E-state index contributed by atoms with van der Waals surface area (Å²) in [7, 11) is 0. The molecule has 2 atom stereocenters. The third-order valence-corrected chi connectivity index (χ3v) is 6.75. The zero-order valence-electron chi connectivity index (χ0n) is 15.6. The van der Waals surface area contributed by atoms with Crippen LogP contribution in [0.4, 0.5) is 0 Å². The highest BCUT2D eigenvalue weighted by atomic mass is 35.5. The molecule has 0 aromatic heterocycles. The van der Waals surface area contributed by atoms with Gasteiger partial charge in [-0.05, 0) is 67.3 Å². The minimum absolute atomic E-state index is 0.471. The van der Waals surface area contributed by atoms with Crippen molar-refractivity contribution >= 4 is 11.6 Å². The van der Waals surface area contributed by atoms with Gasteiger partial charge in [-0.2, -0.15) is 0 Å². The van der Waals surface area contributed by atoms with E-state index in [4.69, 9.17) is 11.6 Å². The molecule has 0 radical (unpaired) electrons. The van der Waals surface area contributed by atoms with E-state index in [1.165, 1.54) is 61.8 Å². The molecule has 0 spiro atoms. The van der Waals surface area contributed by atoms with Gasteiger partial charge in [-0.3, -0.25) is 0 Å². The average Bonchev–Trinajstić information content (AvgIpc) is 2.69. The van der Waals surface area contributed by atoms with Crippen molar-refractivity contribution in [3.8, 4) is 0 Å². The van der Waals surface area contributed by atoms with Crippen molar-refractivity contribution in [3.05, 3.63) is 70.2 Å². The maximum absolute atomic E-state index is 6.69. The molecule has 1 fully saturated rings. The number of halogens is 1. The summed E-state index contributed by atoms with van der Waals surface area (Å²) in [5.41, 5.74) is 4.26. The summed E-state index contributed by atoms with van der Waals surface area (Å²) in [6, 6.07) is 17.9. The fraction of sp³-hybridized carbons (Fsp3) is 0.500. The zero-order valence-corrected chi connectivity index (χ0v) is 16.3. The first-order valence-electron chi connectivity index (χ1n) is 10.4. The lowest BCUT2D eigenvalue weighted by Crippen LogP contribution is -2.42. The first-order valence-corrected chi connectivity index (χ1v) is 10.7. The molecule has 26 heavy (non-hydrogen) atoms. The molecule has 2 aliphatic rings. The maximum atomic E-state index is 6.69. The maximum Gasteiger partial charge on any atom is 0.0444 e. The first-order chi connectivity index (χ1) is 12.8. The Balaban J connectivity index is 1.54. The van der Waals surface area contributed by atoms with Gasteiger partial charge in [0.2, 0.25) is 0 Å². The Labute approximate surface area is 163 Å². The van der Waals surface area contributed by atoms with Gasteiger partial charge >= 0.3 is 0 Å². The van der Waals surface area contributed by atoms with Gasteiger partial charge in [-0.15, -0.1) is 0 Å². The molecule has 0 saturated heterocycles. The van der Waals surface area contributed by atoms with Crippen LogP contribution in [0.3, 0.4) is 0 Å². The molecule has 0 amide bonds. The lowest BCUT2D eigenvalue weighted by atomic mass is 9.76. The second-order valence-corrected chi connectivity index (χ2v) is 8.57. The van der Waals surface area contributed by atoms with Gasteiger partial charge in [0.15, 0.2) is 0 Å². The molecule has 0 aliphatic heterocycles. The van der Waals surface area contributed by atoms with Gasteiger partial charge in [-0.25, -0.2) is 0 Å². The Morgan fingerprint density at radius 2 is 1.69 bits per heavy atom. The molecular formula is C24H30ClN. The zero-order chi connectivity index (χ0) is 17.8. The van der Waals surface area contributed by atoms with E-state index in [-0.39, 0.29) is 0 Å². The van der Waals surface area contributed by atoms with Gasteiger partial charge in [0, 0.05) is 17.0 Å². The van der Waals surface area contributed by atoms with Gasteiger partial charge in [0.05, 0.1) is 0 Å².